The zero-order chi connectivity index (χ0) is 15.2. The summed E-state index contributed by atoms with van der Waals surface area (Å²) in [6, 6.07) is 7.78. The van der Waals surface area contributed by atoms with E-state index in [2.05, 4.69) is 5.32 Å². The molecule has 0 heterocycles. The van der Waals surface area contributed by atoms with Crippen molar-refractivity contribution in [2.45, 2.75) is 38.6 Å². The summed E-state index contributed by atoms with van der Waals surface area (Å²) in [6.07, 6.45) is 5.93. The van der Waals surface area contributed by atoms with Crippen molar-refractivity contribution in [3.63, 3.8) is 0 Å². The number of nitrogens with zero attached hydrogens (tertiary/aromatic N) is 1. The molecule has 0 unspecified atom stereocenters. The van der Waals surface area contributed by atoms with E-state index in [1.807, 2.05) is 31.2 Å². The Bertz CT molecular complexity index is 593. The van der Waals surface area contributed by atoms with Crippen LogP contribution >= 0.6 is 0 Å². The number of ether oxygens (including phenoxy) is 1. The number of amides is 1. The molecule has 0 atom stereocenters. The average molecular weight is 284 g/mol. The van der Waals surface area contributed by atoms with Crippen LogP contribution in [0.4, 0.5) is 0 Å². The highest BCUT2D eigenvalue weighted by Gasteiger charge is 2.19. The topological polar surface area (TPSA) is 62.1 Å². The molecule has 21 heavy (non-hydrogen) atoms. The molecule has 1 saturated carbocycles. The number of nitrogens with one attached hydrogen (secondary N) is 1. The summed E-state index contributed by atoms with van der Waals surface area (Å²) in [7, 11) is 1.62. The van der Waals surface area contributed by atoms with Crippen molar-refractivity contribution in [1.82, 2.24) is 5.32 Å². The van der Waals surface area contributed by atoms with E-state index in [1.54, 1.807) is 13.2 Å². The van der Waals surface area contributed by atoms with Crippen LogP contribution in [-0.4, -0.2) is 19.1 Å². The number of nitriles is 1. The molecular formula is C17H20N2O2. The first-order valence-corrected chi connectivity index (χ1v) is 7.21. The monoisotopic (exact) mass is 284 g/mol. The van der Waals surface area contributed by atoms with Gasteiger partial charge < -0.3 is 10.1 Å². The lowest BCUT2D eigenvalue weighted by atomic mass is 10.1. The van der Waals surface area contributed by atoms with E-state index in [4.69, 9.17) is 4.74 Å². The first-order valence-electron chi connectivity index (χ1n) is 7.21. The van der Waals surface area contributed by atoms with Crippen LogP contribution in [-0.2, 0) is 4.79 Å². The molecule has 4 nitrogen and oxygen atoms in total. The Morgan fingerprint density at radius 3 is 2.71 bits per heavy atom. The van der Waals surface area contributed by atoms with Crippen LogP contribution in [0.3, 0.4) is 0 Å². The average Bonchev–Trinajstić information content (AvgIpc) is 2.97. The van der Waals surface area contributed by atoms with Gasteiger partial charge in [0.05, 0.1) is 7.11 Å². The summed E-state index contributed by atoms with van der Waals surface area (Å²) in [5.41, 5.74) is 1.94. The van der Waals surface area contributed by atoms with Crippen molar-refractivity contribution < 1.29 is 9.53 Å². The van der Waals surface area contributed by atoms with Gasteiger partial charge in [-0.1, -0.05) is 18.9 Å². The van der Waals surface area contributed by atoms with Gasteiger partial charge in [-0.2, -0.15) is 5.26 Å². The predicted molar refractivity (Wildman–Crippen MR) is 81.7 cm³/mol. The highest BCUT2D eigenvalue weighted by Crippen LogP contribution is 2.21. The number of hydrogen-bond acceptors (Lipinski definition) is 3. The SMILES string of the molecule is COc1ccc(/C=C(/C#N)C(=O)NC2CCCC2)cc1C. The van der Waals surface area contributed by atoms with E-state index in [0.717, 1.165) is 42.6 Å². The number of rotatable bonds is 4. The molecule has 1 aromatic carbocycles. The fourth-order valence-corrected chi connectivity index (χ4v) is 2.64. The minimum absolute atomic E-state index is 0.145. The molecule has 0 saturated heterocycles. The minimum Gasteiger partial charge on any atom is -0.496 e. The van der Waals surface area contributed by atoms with Crippen molar-refractivity contribution >= 4 is 12.0 Å². The van der Waals surface area contributed by atoms with Gasteiger partial charge in [-0.15, -0.1) is 0 Å². The quantitative estimate of drug-likeness (QED) is 0.683. The number of carbonyl (C=O) groups excluding carboxylic acids is 1. The molecule has 1 fully saturated rings. The second kappa shape index (κ2) is 6.94. The number of hydrogen-bond donors (Lipinski definition) is 1. The maximum Gasteiger partial charge on any atom is 0.262 e. The van der Waals surface area contributed by atoms with E-state index in [-0.39, 0.29) is 17.5 Å². The lowest BCUT2D eigenvalue weighted by molar-refractivity contribution is -0.117. The number of methoxy groups -OCH3 is 1. The first-order chi connectivity index (χ1) is 10.1. The summed E-state index contributed by atoms with van der Waals surface area (Å²) in [6.45, 7) is 1.93. The van der Waals surface area contributed by atoms with Crippen LogP contribution in [0.1, 0.15) is 36.8 Å². The van der Waals surface area contributed by atoms with Gasteiger partial charge in [0.2, 0.25) is 0 Å². The molecule has 0 spiro atoms. The van der Waals surface area contributed by atoms with Crippen LogP contribution in [0.5, 0.6) is 5.75 Å². The van der Waals surface area contributed by atoms with Crippen molar-refractivity contribution in [2.75, 3.05) is 7.11 Å². The molecule has 1 aliphatic rings. The van der Waals surface area contributed by atoms with E-state index in [0.29, 0.717) is 0 Å². The molecule has 110 valence electrons. The molecular weight excluding hydrogens is 264 g/mol. The highest BCUT2D eigenvalue weighted by molar-refractivity contribution is 6.01. The standard InChI is InChI=1S/C17H20N2O2/c1-12-9-13(7-8-16(12)21-2)10-14(11-18)17(20)19-15-5-3-4-6-15/h7-10,15H,3-6H2,1-2H3,(H,19,20)/b14-10-. The van der Waals surface area contributed by atoms with Gasteiger partial charge >= 0.3 is 0 Å². The lowest BCUT2D eigenvalue weighted by Crippen LogP contribution is -2.33. The van der Waals surface area contributed by atoms with Crippen molar-refractivity contribution in [3.05, 3.63) is 34.9 Å². The van der Waals surface area contributed by atoms with E-state index in [9.17, 15) is 10.1 Å². The van der Waals surface area contributed by atoms with Crippen LogP contribution in [0.2, 0.25) is 0 Å². The summed E-state index contributed by atoms with van der Waals surface area (Å²) in [5.74, 6) is 0.513. The minimum atomic E-state index is -0.280. The Balaban J connectivity index is 2.14. The van der Waals surface area contributed by atoms with Crippen LogP contribution in [0.15, 0.2) is 23.8 Å². The smallest absolute Gasteiger partial charge is 0.262 e. The van der Waals surface area contributed by atoms with E-state index in [1.165, 1.54) is 0 Å². The summed E-state index contributed by atoms with van der Waals surface area (Å²) in [5, 5.41) is 12.1. The van der Waals surface area contributed by atoms with Crippen LogP contribution < -0.4 is 10.1 Å². The van der Waals surface area contributed by atoms with E-state index >= 15 is 0 Å². The normalized spacial score (nSPS) is 15.6. The zero-order valence-corrected chi connectivity index (χ0v) is 12.5. The number of carbonyl (C=O) groups is 1. The Hall–Kier alpha value is -2.28. The molecule has 1 aliphatic carbocycles. The van der Waals surface area contributed by atoms with Gasteiger partial charge in [0.15, 0.2) is 0 Å². The molecule has 0 aromatic heterocycles. The van der Waals surface area contributed by atoms with Gasteiger partial charge in [0.25, 0.3) is 5.91 Å². The van der Waals surface area contributed by atoms with Crippen LogP contribution in [0.25, 0.3) is 6.08 Å². The first kappa shape index (κ1) is 15.1. The van der Waals surface area contributed by atoms with Gasteiger partial charge in [0, 0.05) is 6.04 Å². The Morgan fingerprint density at radius 2 is 2.14 bits per heavy atom. The lowest BCUT2D eigenvalue weighted by Gasteiger charge is -2.11. The second-order valence-electron chi connectivity index (χ2n) is 5.35. The van der Waals surface area contributed by atoms with Gasteiger partial charge in [-0.3, -0.25) is 4.79 Å². The zero-order valence-electron chi connectivity index (χ0n) is 12.5. The molecule has 0 bridgehead atoms. The maximum absolute atomic E-state index is 12.1. The molecule has 1 aromatic rings. The van der Waals surface area contributed by atoms with Gasteiger partial charge in [-0.05, 0) is 49.1 Å². The number of benzene rings is 1. The van der Waals surface area contributed by atoms with Crippen molar-refractivity contribution in [2.24, 2.45) is 0 Å². The summed E-state index contributed by atoms with van der Waals surface area (Å²) >= 11 is 0. The Kier molecular flexibility index (Phi) is 4.99. The molecule has 1 N–H and O–H groups in total. The van der Waals surface area contributed by atoms with Crippen LogP contribution in [0, 0.1) is 18.3 Å². The second-order valence-corrected chi connectivity index (χ2v) is 5.35. The molecule has 4 heteroatoms. The Morgan fingerprint density at radius 1 is 1.43 bits per heavy atom. The Labute approximate surface area is 125 Å². The summed E-state index contributed by atoms with van der Waals surface area (Å²) in [4.78, 5) is 12.1. The summed E-state index contributed by atoms with van der Waals surface area (Å²) < 4.78 is 5.20. The third-order valence-corrected chi connectivity index (χ3v) is 3.79. The van der Waals surface area contributed by atoms with Gasteiger partial charge in [-0.25, -0.2) is 0 Å². The third kappa shape index (κ3) is 3.85. The highest BCUT2D eigenvalue weighted by atomic mass is 16.5. The van der Waals surface area contributed by atoms with Crippen molar-refractivity contribution in [3.8, 4) is 11.8 Å². The molecule has 1 amide bonds. The van der Waals surface area contributed by atoms with Crippen molar-refractivity contribution in [1.29, 1.82) is 5.26 Å². The molecule has 0 radical (unpaired) electrons. The third-order valence-electron chi connectivity index (χ3n) is 3.79. The maximum atomic E-state index is 12.1. The largest absolute Gasteiger partial charge is 0.496 e. The number of aryl methyl sites for hydroxylation is 1. The molecule has 0 aliphatic heterocycles. The predicted octanol–water partition coefficient (Wildman–Crippen LogP) is 2.97. The van der Waals surface area contributed by atoms with Gasteiger partial charge in [0.1, 0.15) is 17.4 Å². The molecule has 2 rings (SSSR count). The fraction of sp³-hybridized carbons (Fsp3) is 0.412. The fourth-order valence-electron chi connectivity index (χ4n) is 2.64. The van der Waals surface area contributed by atoms with E-state index < -0.39 is 0 Å².